The number of rotatable bonds is 4. The van der Waals surface area contributed by atoms with Crippen molar-refractivity contribution in [1.29, 1.82) is 0 Å². The average Bonchev–Trinajstić information content (AvgIpc) is 2.40. The van der Waals surface area contributed by atoms with Crippen molar-refractivity contribution in [2.75, 3.05) is 0 Å². The molecule has 0 atom stereocenters. The molecule has 0 radical (unpaired) electrons. The van der Waals surface area contributed by atoms with Gasteiger partial charge in [-0.2, -0.15) is 0 Å². The van der Waals surface area contributed by atoms with E-state index in [0.717, 1.165) is 0 Å². The van der Waals surface area contributed by atoms with Gasteiger partial charge in [0.25, 0.3) is 0 Å². The van der Waals surface area contributed by atoms with Crippen molar-refractivity contribution in [3.05, 3.63) is 64.4 Å². The van der Waals surface area contributed by atoms with Gasteiger partial charge in [-0.1, -0.05) is 35.9 Å². The van der Waals surface area contributed by atoms with Gasteiger partial charge in [0, 0.05) is 5.56 Å². The molecule has 0 spiro atoms. The lowest BCUT2D eigenvalue weighted by atomic mass is 10.2. The third kappa shape index (κ3) is 3.03. The summed E-state index contributed by atoms with van der Waals surface area (Å²) in [7, 11) is 0. The number of aromatic carboxylic acids is 1. The monoisotopic (exact) mass is 280 g/mol. The third-order valence-corrected chi connectivity index (χ3v) is 2.96. The van der Waals surface area contributed by atoms with Crippen LogP contribution in [0.3, 0.4) is 0 Å². The molecule has 2 rings (SSSR count). The predicted octanol–water partition coefficient (Wildman–Crippen LogP) is 3.76. The van der Waals surface area contributed by atoms with E-state index in [-0.39, 0.29) is 22.9 Å². The Balaban J connectivity index is 2.19. The van der Waals surface area contributed by atoms with Gasteiger partial charge >= 0.3 is 5.97 Å². The first kappa shape index (κ1) is 13.4. The molecule has 0 amide bonds. The second-order valence-electron chi connectivity index (χ2n) is 3.80. The zero-order valence-corrected chi connectivity index (χ0v) is 10.5. The lowest BCUT2D eigenvalue weighted by Gasteiger charge is -2.10. The minimum absolute atomic E-state index is 0.000880. The highest BCUT2D eigenvalue weighted by atomic mass is 35.5. The number of carbonyl (C=O) groups is 1. The number of hydrogen-bond donors (Lipinski definition) is 1. The van der Waals surface area contributed by atoms with E-state index in [9.17, 15) is 9.18 Å². The molecule has 0 heterocycles. The van der Waals surface area contributed by atoms with E-state index in [4.69, 9.17) is 21.4 Å². The van der Waals surface area contributed by atoms with Gasteiger partial charge in [0.2, 0.25) is 0 Å². The summed E-state index contributed by atoms with van der Waals surface area (Å²) in [4.78, 5) is 11.0. The fourth-order valence-corrected chi connectivity index (χ4v) is 1.77. The second kappa shape index (κ2) is 5.71. The second-order valence-corrected chi connectivity index (χ2v) is 4.18. The maximum atomic E-state index is 13.2. The zero-order valence-electron chi connectivity index (χ0n) is 9.77. The van der Waals surface area contributed by atoms with Gasteiger partial charge in [-0.3, -0.25) is 0 Å². The molecule has 0 aliphatic heterocycles. The summed E-state index contributed by atoms with van der Waals surface area (Å²) in [6, 6.07) is 10.6. The standard InChI is InChI=1S/C14H10ClFO3/c15-13-9(4-3-6-11(13)16)8-19-12-7-2-1-5-10(12)14(17)18/h1-7H,8H2,(H,17,18). The number of benzene rings is 2. The van der Waals surface area contributed by atoms with Crippen LogP contribution in [0.5, 0.6) is 5.75 Å². The number of halogens is 2. The summed E-state index contributed by atoms with van der Waals surface area (Å²) in [6.07, 6.45) is 0. The fourth-order valence-electron chi connectivity index (χ4n) is 1.58. The van der Waals surface area contributed by atoms with Crippen molar-refractivity contribution in [1.82, 2.24) is 0 Å². The average molecular weight is 281 g/mol. The van der Waals surface area contributed by atoms with E-state index < -0.39 is 11.8 Å². The van der Waals surface area contributed by atoms with Gasteiger partial charge in [-0.25, -0.2) is 9.18 Å². The number of hydrogen-bond acceptors (Lipinski definition) is 2. The summed E-state index contributed by atoms with van der Waals surface area (Å²) >= 11 is 5.79. The Labute approximate surface area is 114 Å². The Morgan fingerprint density at radius 3 is 2.68 bits per heavy atom. The van der Waals surface area contributed by atoms with Crippen LogP contribution in [0.1, 0.15) is 15.9 Å². The maximum absolute atomic E-state index is 13.2. The topological polar surface area (TPSA) is 46.5 Å². The van der Waals surface area contributed by atoms with Crippen LogP contribution in [-0.4, -0.2) is 11.1 Å². The van der Waals surface area contributed by atoms with Gasteiger partial charge < -0.3 is 9.84 Å². The van der Waals surface area contributed by atoms with Crippen LogP contribution < -0.4 is 4.74 Å². The molecule has 0 bridgehead atoms. The Morgan fingerprint density at radius 1 is 1.21 bits per heavy atom. The van der Waals surface area contributed by atoms with Crippen LogP contribution in [-0.2, 0) is 6.61 Å². The van der Waals surface area contributed by atoms with E-state index in [1.807, 2.05) is 0 Å². The van der Waals surface area contributed by atoms with Crippen LogP contribution in [0.2, 0.25) is 5.02 Å². The van der Waals surface area contributed by atoms with Crippen LogP contribution in [0.25, 0.3) is 0 Å². The first-order valence-corrected chi connectivity index (χ1v) is 5.85. The molecule has 0 aliphatic carbocycles. The molecule has 2 aromatic rings. The van der Waals surface area contributed by atoms with Gasteiger partial charge in [-0.05, 0) is 18.2 Å². The Kier molecular flexibility index (Phi) is 4.02. The van der Waals surface area contributed by atoms with Crippen molar-refractivity contribution >= 4 is 17.6 Å². The maximum Gasteiger partial charge on any atom is 0.339 e. The summed E-state index contributed by atoms with van der Waals surface area (Å²) < 4.78 is 18.6. The number of carboxylic acids is 1. The fraction of sp³-hybridized carbons (Fsp3) is 0.0714. The number of carboxylic acid groups (broad SMARTS) is 1. The van der Waals surface area contributed by atoms with Crippen molar-refractivity contribution in [2.45, 2.75) is 6.61 Å². The molecule has 0 fully saturated rings. The number of ether oxygens (including phenoxy) is 1. The van der Waals surface area contributed by atoms with Gasteiger partial charge in [0.15, 0.2) is 0 Å². The highest BCUT2D eigenvalue weighted by molar-refractivity contribution is 6.31. The van der Waals surface area contributed by atoms with Crippen molar-refractivity contribution in [2.24, 2.45) is 0 Å². The van der Waals surface area contributed by atoms with E-state index in [1.165, 1.54) is 24.3 Å². The molecule has 0 saturated heterocycles. The van der Waals surface area contributed by atoms with Crippen LogP contribution >= 0.6 is 11.6 Å². The van der Waals surface area contributed by atoms with Gasteiger partial charge in [0.05, 0.1) is 5.02 Å². The first-order chi connectivity index (χ1) is 9.09. The summed E-state index contributed by atoms with van der Waals surface area (Å²) in [6.45, 7) is 0.000880. The minimum atomic E-state index is -1.08. The zero-order chi connectivity index (χ0) is 13.8. The van der Waals surface area contributed by atoms with E-state index in [0.29, 0.717) is 5.56 Å². The smallest absolute Gasteiger partial charge is 0.339 e. The van der Waals surface area contributed by atoms with Crippen molar-refractivity contribution < 1.29 is 19.0 Å². The highest BCUT2D eigenvalue weighted by Gasteiger charge is 2.11. The summed E-state index contributed by atoms with van der Waals surface area (Å²) in [5.74, 6) is -1.40. The summed E-state index contributed by atoms with van der Waals surface area (Å²) in [5, 5.41) is 8.98. The van der Waals surface area contributed by atoms with Crippen molar-refractivity contribution in [3.63, 3.8) is 0 Å². The molecule has 2 aromatic carbocycles. The molecule has 98 valence electrons. The molecule has 0 saturated carbocycles. The Morgan fingerprint density at radius 2 is 1.95 bits per heavy atom. The molecule has 0 aromatic heterocycles. The predicted molar refractivity (Wildman–Crippen MR) is 69.1 cm³/mol. The molecule has 5 heteroatoms. The first-order valence-electron chi connectivity index (χ1n) is 5.47. The molecular weight excluding hydrogens is 271 g/mol. The van der Waals surface area contributed by atoms with Crippen LogP contribution in [0, 0.1) is 5.82 Å². The normalized spacial score (nSPS) is 10.2. The minimum Gasteiger partial charge on any atom is -0.488 e. The van der Waals surface area contributed by atoms with E-state index in [1.54, 1.807) is 18.2 Å². The summed E-state index contributed by atoms with van der Waals surface area (Å²) in [5.41, 5.74) is 0.511. The molecular formula is C14H10ClFO3. The van der Waals surface area contributed by atoms with Crippen LogP contribution in [0.4, 0.5) is 4.39 Å². The highest BCUT2D eigenvalue weighted by Crippen LogP contribution is 2.23. The molecule has 1 N–H and O–H groups in total. The van der Waals surface area contributed by atoms with Crippen molar-refractivity contribution in [3.8, 4) is 5.75 Å². The third-order valence-electron chi connectivity index (χ3n) is 2.53. The van der Waals surface area contributed by atoms with E-state index >= 15 is 0 Å². The SMILES string of the molecule is O=C(O)c1ccccc1OCc1cccc(F)c1Cl. The Hall–Kier alpha value is -2.07. The van der Waals surface area contributed by atoms with Gasteiger partial charge in [-0.15, -0.1) is 0 Å². The molecule has 3 nitrogen and oxygen atoms in total. The van der Waals surface area contributed by atoms with E-state index in [2.05, 4.69) is 0 Å². The molecule has 19 heavy (non-hydrogen) atoms. The largest absolute Gasteiger partial charge is 0.488 e. The lowest BCUT2D eigenvalue weighted by molar-refractivity contribution is 0.0691. The molecule has 0 aliphatic rings. The molecule has 0 unspecified atom stereocenters. The lowest BCUT2D eigenvalue weighted by Crippen LogP contribution is -2.03. The Bertz CT molecular complexity index is 613. The van der Waals surface area contributed by atoms with Crippen LogP contribution in [0.15, 0.2) is 42.5 Å². The quantitative estimate of drug-likeness (QED) is 0.927. The number of para-hydroxylation sites is 1. The van der Waals surface area contributed by atoms with Gasteiger partial charge in [0.1, 0.15) is 23.7 Å².